The van der Waals surface area contributed by atoms with Crippen LogP contribution in [0.15, 0.2) is 18.2 Å². The Morgan fingerprint density at radius 1 is 1.43 bits per heavy atom. The number of carboxylic acid groups (broad SMARTS) is 1. The van der Waals surface area contributed by atoms with Crippen LogP contribution in [0.25, 0.3) is 11.0 Å². The maximum absolute atomic E-state index is 11.2. The number of aromatic carboxylic acids is 1. The van der Waals surface area contributed by atoms with Gasteiger partial charge in [0.25, 0.3) is 0 Å². The number of fused-ring (bicyclic) bond motifs is 1. The van der Waals surface area contributed by atoms with Gasteiger partial charge in [0.1, 0.15) is 17.9 Å². The normalized spacial score (nSPS) is 10.9. The van der Waals surface area contributed by atoms with Crippen LogP contribution in [-0.2, 0) is 22.5 Å². The number of imidazole rings is 1. The Morgan fingerprint density at radius 2 is 2.19 bits per heavy atom. The largest absolute Gasteiger partial charge is 0.478 e. The number of aromatic nitrogens is 2. The van der Waals surface area contributed by atoms with E-state index in [1.165, 1.54) is 6.07 Å². The smallest absolute Gasteiger partial charge is 0.337 e. The van der Waals surface area contributed by atoms with Crippen molar-refractivity contribution in [2.75, 3.05) is 13.2 Å². The van der Waals surface area contributed by atoms with E-state index in [2.05, 4.69) is 4.98 Å². The molecule has 0 aliphatic carbocycles. The van der Waals surface area contributed by atoms with Crippen LogP contribution >= 0.6 is 0 Å². The number of nitrogens with two attached hydrogens (primary N) is 1. The van der Waals surface area contributed by atoms with Gasteiger partial charge < -0.3 is 20.1 Å². The van der Waals surface area contributed by atoms with E-state index in [1.807, 2.05) is 17.6 Å². The third-order valence-electron chi connectivity index (χ3n) is 3.11. The average molecular weight is 291 g/mol. The molecule has 1 aromatic carbocycles. The molecular formula is C14H17N3O4. The molecule has 0 aliphatic rings. The first-order valence-corrected chi connectivity index (χ1v) is 6.62. The molecule has 1 aromatic heterocycles. The van der Waals surface area contributed by atoms with Crippen LogP contribution in [-0.4, -0.2) is 39.7 Å². The molecule has 0 spiro atoms. The minimum Gasteiger partial charge on any atom is -0.478 e. The first-order chi connectivity index (χ1) is 10.0. The molecule has 112 valence electrons. The van der Waals surface area contributed by atoms with Gasteiger partial charge in [0.2, 0.25) is 5.91 Å². The fourth-order valence-electron chi connectivity index (χ4n) is 2.22. The summed E-state index contributed by atoms with van der Waals surface area (Å²) < 4.78 is 7.06. The molecule has 7 nitrogen and oxygen atoms in total. The van der Waals surface area contributed by atoms with Gasteiger partial charge in [-0.05, 0) is 12.1 Å². The number of hydrogen-bond donors (Lipinski definition) is 2. The maximum atomic E-state index is 11.2. The van der Waals surface area contributed by atoms with Crippen LogP contribution in [0.3, 0.4) is 0 Å². The van der Waals surface area contributed by atoms with Crippen LogP contribution < -0.4 is 5.73 Å². The molecule has 2 rings (SSSR count). The Hall–Kier alpha value is -2.41. The molecule has 1 heterocycles. The van der Waals surface area contributed by atoms with Gasteiger partial charge in [-0.15, -0.1) is 0 Å². The average Bonchev–Trinajstić information content (AvgIpc) is 2.80. The van der Waals surface area contributed by atoms with Gasteiger partial charge in [0, 0.05) is 13.0 Å². The Bertz CT molecular complexity index is 678. The molecule has 21 heavy (non-hydrogen) atoms. The summed E-state index contributed by atoms with van der Waals surface area (Å²) in [5, 5.41) is 9.21. The van der Waals surface area contributed by atoms with Crippen LogP contribution in [0.2, 0.25) is 0 Å². The Labute approximate surface area is 121 Å². The molecule has 0 radical (unpaired) electrons. The minimum atomic E-state index is -1.00. The predicted octanol–water partition coefficient (Wildman–Crippen LogP) is 0.799. The van der Waals surface area contributed by atoms with Crippen LogP contribution in [0.1, 0.15) is 23.1 Å². The van der Waals surface area contributed by atoms with Crippen molar-refractivity contribution in [3.8, 4) is 0 Å². The highest BCUT2D eigenvalue weighted by Gasteiger charge is 2.15. The van der Waals surface area contributed by atoms with E-state index in [0.717, 1.165) is 11.3 Å². The third kappa shape index (κ3) is 3.19. The van der Waals surface area contributed by atoms with Gasteiger partial charge in [-0.2, -0.15) is 0 Å². The summed E-state index contributed by atoms with van der Waals surface area (Å²) in [6, 6.07) is 5.04. The second-order valence-corrected chi connectivity index (χ2v) is 4.53. The number of benzene rings is 1. The van der Waals surface area contributed by atoms with E-state index in [-0.39, 0.29) is 12.2 Å². The highest BCUT2D eigenvalue weighted by Crippen LogP contribution is 2.20. The van der Waals surface area contributed by atoms with E-state index in [0.29, 0.717) is 25.1 Å². The molecular weight excluding hydrogens is 274 g/mol. The van der Waals surface area contributed by atoms with Gasteiger partial charge in [0.05, 0.1) is 17.7 Å². The Balaban J connectivity index is 2.31. The predicted molar refractivity (Wildman–Crippen MR) is 76.1 cm³/mol. The zero-order chi connectivity index (χ0) is 15.4. The van der Waals surface area contributed by atoms with Crippen molar-refractivity contribution in [1.29, 1.82) is 0 Å². The van der Waals surface area contributed by atoms with Gasteiger partial charge in [-0.3, -0.25) is 4.79 Å². The molecule has 1 amide bonds. The number of aryl methyl sites for hydroxylation is 1. The molecule has 0 fully saturated rings. The lowest BCUT2D eigenvalue weighted by atomic mass is 10.2. The standard InChI is InChI=1S/C14H17N3O4/c1-2-12-16-13-9(14(19)20)4-3-5-10(13)17(12)6-7-21-8-11(15)18/h3-5H,2,6-8H2,1H3,(H2,15,18)(H,19,20). The fourth-order valence-corrected chi connectivity index (χ4v) is 2.22. The lowest BCUT2D eigenvalue weighted by Gasteiger charge is -2.08. The topological polar surface area (TPSA) is 107 Å². The molecule has 0 saturated heterocycles. The van der Waals surface area contributed by atoms with Crippen LogP contribution in [0.4, 0.5) is 0 Å². The van der Waals surface area contributed by atoms with Crippen LogP contribution in [0, 0.1) is 0 Å². The highest BCUT2D eigenvalue weighted by atomic mass is 16.5. The molecule has 0 unspecified atom stereocenters. The van der Waals surface area contributed by atoms with Gasteiger partial charge in [-0.1, -0.05) is 13.0 Å². The summed E-state index contributed by atoms with van der Waals surface area (Å²) in [4.78, 5) is 26.3. The van der Waals surface area contributed by atoms with Crippen molar-refractivity contribution in [3.05, 3.63) is 29.6 Å². The van der Waals surface area contributed by atoms with E-state index in [1.54, 1.807) is 6.07 Å². The number of rotatable bonds is 7. The molecule has 3 N–H and O–H groups in total. The summed E-state index contributed by atoms with van der Waals surface area (Å²) in [6.45, 7) is 2.60. The number of hydrogen-bond acceptors (Lipinski definition) is 4. The Morgan fingerprint density at radius 3 is 2.81 bits per heavy atom. The lowest BCUT2D eigenvalue weighted by molar-refractivity contribution is -0.122. The number of carboxylic acids is 1. The minimum absolute atomic E-state index is 0.130. The summed E-state index contributed by atoms with van der Waals surface area (Å²) in [6.07, 6.45) is 0.670. The number of amides is 1. The second kappa shape index (κ2) is 6.36. The van der Waals surface area contributed by atoms with Crippen LogP contribution in [0.5, 0.6) is 0 Å². The van der Waals surface area contributed by atoms with Crippen molar-refractivity contribution >= 4 is 22.9 Å². The zero-order valence-corrected chi connectivity index (χ0v) is 11.7. The van der Waals surface area contributed by atoms with Gasteiger partial charge in [0.15, 0.2) is 0 Å². The summed E-state index contributed by atoms with van der Waals surface area (Å²) in [5.74, 6) is -0.742. The number of primary amides is 1. The first kappa shape index (κ1) is 15.0. The maximum Gasteiger partial charge on any atom is 0.337 e. The number of nitrogens with zero attached hydrogens (tertiary/aromatic N) is 2. The molecule has 0 atom stereocenters. The van der Waals surface area contributed by atoms with E-state index in [9.17, 15) is 14.7 Å². The van der Waals surface area contributed by atoms with Gasteiger partial charge in [-0.25, -0.2) is 9.78 Å². The summed E-state index contributed by atoms with van der Waals surface area (Å²) >= 11 is 0. The molecule has 0 saturated carbocycles. The van der Waals surface area contributed by atoms with E-state index in [4.69, 9.17) is 10.5 Å². The van der Waals surface area contributed by atoms with Crippen molar-refractivity contribution < 1.29 is 19.4 Å². The molecule has 7 heteroatoms. The third-order valence-corrected chi connectivity index (χ3v) is 3.11. The highest BCUT2D eigenvalue weighted by molar-refractivity contribution is 6.01. The monoisotopic (exact) mass is 291 g/mol. The summed E-state index contributed by atoms with van der Waals surface area (Å²) in [7, 11) is 0. The molecule has 2 aromatic rings. The molecule has 0 aliphatic heterocycles. The van der Waals surface area contributed by atoms with Crippen molar-refractivity contribution in [2.24, 2.45) is 5.73 Å². The Kier molecular flexibility index (Phi) is 4.54. The SMILES string of the molecule is CCc1nc2c(C(=O)O)cccc2n1CCOCC(N)=O. The second-order valence-electron chi connectivity index (χ2n) is 4.53. The fraction of sp³-hybridized carbons (Fsp3) is 0.357. The van der Waals surface area contributed by atoms with Crippen molar-refractivity contribution in [1.82, 2.24) is 9.55 Å². The van der Waals surface area contributed by atoms with Gasteiger partial charge >= 0.3 is 5.97 Å². The lowest BCUT2D eigenvalue weighted by Crippen LogP contribution is -2.20. The number of para-hydroxylation sites is 1. The first-order valence-electron chi connectivity index (χ1n) is 6.62. The van der Waals surface area contributed by atoms with Crippen molar-refractivity contribution in [2.45, 2.75) is 19.9 Å². The summed E-state index contributed by atoms with van der Waals surface area (Å²) in [5.41, 5.74) is 6.40. The van der Waals surface area contributed by atoms with Crippen molar-refractivity contribution in [3.63, 3.8) is 0 Å². The molecule has 0 bridgehead atoms. The van der Waals surface area contributed by atoms with E-state index < -0.39 is 11.9 Å². The quantitative estimate of drug-likeness (QED) is 0.734. The number of carbonyl (C=O) groups is 2. The number of ether oxygens (including phenoxy) is 1. The number of carbonyl (C=O) groups excluding carboxylic acids is 1. The van der Waals surface area contributed by atoms with E-state index >= 15 is 0 Å². The zero-order valence-electron chi connectivity index (χ0n) is 11.7.